The first-order chi connectivity index (χ1) is 8.98. The molecule has 0 radical (unpaired) electrons. The number of hydrogen-bond donors (Lipinski definition) is 1. The monoisotopic (exact) mass is 282 g/mol. The van der Waals surface area contributed by atoms with Crippen molar-refractivity contribution < 1.29 is 13.2 Å². The van der Waals surface area contributed by atoms with E-state index in [0.29, 0.717) is 6.54 Å². The Balaban J connectivity index is 1.92. The van der Waals surface area contributed by atoms with Crippen LogP contribution in [0.3, 0.4) is 0 Å². The molecular weight excluding hydrogens is 264 g/mol. The van der Waals surface area contributed by atoms with Crippen LogP contribution in [0.2, 0.25) is 0 Å². The van der Waals surface area contributed by atoms with Gasteiger partial charge in [-0.15, -0.1) is 0 Å². The number of carbonyl (C=O) groups excluding carboxylic acids is 1. The maximum Gasteiger partial charge on any atom is 0.218 e. The lowest BCUT2D eigenvalue weighted by Crippen LogP contribution is -2.29. The van der Waals surface area contributed by atoms with Crippen molar-refractivity contribution in [2.75, 3.05) is 29.5 Å². The van der Waals surface area contributed by atoms with Crippen LogP contribution < -0.4 is 10.6 Å². The summed E-state index contributed by atoms with van der Waals surface area (Å²) >= 11 is 0. The van der Waals surface area contributed by atoms with Crippen LogP contribution in [0, 0.1) is 0 Å². The number of benzene rings is 1. The predicted octanol–water partition coefficient (Wildman–Crippen LogP) is 0.339. The first-order valence-electron chi connectivity index (χ1n) is 6.29. The Morgan fingerprint density at radius 3 is 2.74 bits per heavy atom. The molecule has 0 atom stereocenters. The second kappa shape index (κ2) is 5.61. The second-order valence-corrected chi connectivity index (χ2v) is 7.04. The van der Waals surface area contributed by atoms with Crippen LogP contribution in [-0.2, 0) is 21.1 Å². The van der Waals surface area contributed by atoms with Gasteiger partial charge in [-0.25, -0.2) is 8.42 Å². The Bertz CT molecular complexity index is 569. The fourth-order valence-corrected chi connectivity index (χ4v) is 3.46. The van der Waals surface area contributed by atoms with E-state index >= 15 is 0 Å². The highest BCUT2D eigenvalue weighted by Gasteiger charge is 2.20. The molecule has 1 aromatic rings. The number of hydrogen-bond acceptors (Lipinski definition) is 4. The molecular formula is C13H18N2O3S. The fraction of sp³-hybridized carbons (Fsp3) is 0.462. The highest BCUT2D eigenvalue weighted by molar-refractivity contribution is 7.91. The quantitative estimate of drug-likeness (QED) is 0.816. The molecule has 0 unspecified atom stereocenters. The molecule has 1 aromatic carbocycles. The Morgan fingerprint density at radius 1 is 1.26 bits per heavy atom. The Hall–Kier alpha value is -1.56. The number of primary amides is 1. The number of amides is 1. The maximum atomic E-state index is 11.8. The van der Waals surface area contributed by atoms with Gasteiger partial charge in [-0.3, -0.25) is 4.79 Å². The van der Waals surface area contributed by atoms with Gasteiger partial charge in [-0.05, 0) is 18.1 Å². The minimum atomic E-state index is -3.21. The number of anilines is 1. The fourth-order valence-electron chi connectivity index (χ4n) is 2.25. The molecule has 0 bridgehead atoms. The van der Waals surface area contributed by atoms with Crippen LogP contribution in [-0.4, -0.2) is 38.9 Å². The molecule has 0 saturated heterocycles. The van der Waals surface area contributed by atoms with Crippen molar-refractivity contribution in [3.63, 3.8) is 0 Å². The van der Waals surface area contributed by atoms with Gasteiger partial charge >= 0.3 is 0 Å². The zero-order valence-electron chi connectivity index (χ0n) is 10.7. The van der Waals surface area contributed by atoms with Crippen LogP contribution >= 0.6 is 0 Å². The van der Waals surface area contributed by atoms with Gasteiger partial charge in [0.05, 0.1) is 11.5 Å². The molecule has 0 aliphatic carbocycles. The van der Waals surface area contributed by atoms with Gasteiger partial charge in [0.2, 0.25) is 5.91 Å². The summed E-state index contributed by atoms with van der Waals surface area (Å²) in [6, 6.07) is 8.03. The van der Waals surface area contributed by atoms with E-state index in [2.05, 4.69) is 11.0 Å². The Morgan fingerprint density at radius 2 is 2.00 bits per heavy atom. The molecule has 1 aliphatic rings. The number of fused-ring (bicyclic) bond motifs is 1. The van der Waals surface area contributed by atoms with Gasteiger partial charge < -0.3 is 10.6 Å². The van der Waals surface area contributed by atoms with E-state index in [9.17, 15) is 13.2 Å². The first kappa shape index (κ1) is 13.9. The summed E-state index contributed by atoms with van der Waals surface area (Å²) in [6.45, 7) is 1.32. The van der Waals surface area contributed by atoms with E-state index in [1.165, 1.54) is 5.56 Å². The van der Waals surface area contributed by atoms with Crippen LogP contribution in [0.4, 0.5) is 5.69 Å². The largest absolute Gasteiger partial charge is 0.370 e. The highest BCUT2D eigenvalue weighted by Crippen LogP contribution is 2.26. The molecule has 5 nitrogen and oxygen atoms in total. The van der Waals surface area contributed by atoms with Crippen LogP contribution in [0.15, 0.2) is 24.3 Å². The maximum absolute atomic E-state index is 11.8. The summed E-state index contributed by atoms with van der Waals surface area (Å²) in [6.07, 6.45) is 0.858. The molecule has 1 aliphatic heterocycles. The predicted molar refractivity (Wildman–Crippen MR) is 74.8 cm³/mol. The number of carbonyl (C=O) groups is 1. The molecule has 1 amide bonds. The summed E-state index contributed by atoms with van der Waals surface area (Å²) in [4.78, 5) is 12.7. The molecule has 0 fully saturated rings. The second-order valence-electron chi connectivity index (χ2n) is 4.73. The Labute approximate surface area is 113 Å². The molecule has 2 N–H and O–H groups in total. The third-order valence-electron chi connectivity index (χ3n) is 3.32. The van der Waals surface area contributed by atoms with E-state index in [1.54, 1.807) is 0 Å². The number of nitrogens with zero attached hydrogens (tertiary/aromatic N) is 1. The standard InChI is InChI=1S/C13H18N2O3S/c14-13(16)6-9-19(17,18)10-8-15-7-5-11-3-1-2-4-12(11)15/h1-4H,5-10H2,(H2,14,16). The summed E-state index contributed by atoms with van der Waals surface area (Å²) < 4.78 is 23.5. The van der Waals surface area contributed by atoms with E-state index in [1.807, 2.05) is 18.2 Å². The molecule has 0 spiro atoms. The SMILES string of the molecule is NC(=O)CCS(=O)(=O)CCN1CCc2ccccc21. The van der Waals surface area contributed by atoms with Crippen LogP contribution in [0.25, 0.3) is 0 Å². The van der Waals surface area contributed by atoms with E-state index in [4.69, 9.17) is 5.73 Å². The smallest absolute Gasteiger partial charge is 0.218 e. The summed E-state index contributed by atoms with van der Waals surface area (Å²) in [5, 5.41) is 0. The lowest BCUT2D eigenvalue weighted by Gasteiger charge is -2.19. The zero-order valence-corrected chi connectivity index (χ0v) is 11.5. The van der Waals surface area contributed by atoms with Gasteiger partial charge in [-0.2, -0.15) is 0 Å². The van der Waals surface area contributed by atoms with Crippen molar-refractivity contribution in [3.8, 4) is 0 Å². The average Bonchev–Trinajstić information content (AvgIpc) is 2.78. The van der Waals surface area contributed by atoms with Gasteiger partial charge in [-0.1, -0.05) is 18.2 Å². The number of rotatable bonds is 6. The molecule has 104 valence electrons. The third-order valence-corrected chi connectivity index (χ3v) is 4.95. The van der Waals surface area contributed by atoms with Crippen molar-refractivity contribution in [2.45, 2.75) is 12.8 Å². The van der Waals surface area contributed by atoms with Crippen molar-refractivity contribution in [2.24, 2.45) is 5.73 Å². The van der Waals surface area contributed by atoms with E-state index < -0.39 is 15.7 Å². The van der Waals surface area contributed by atoms with Gasteiger partial charge in [0.25, 0.3) is 0 Å². The van der Waals surface area contributed by atoms with E-state index in [-0.39, 0.29) is 17.9 Å². The van der Waals surface area contributed by atoms with Crippen LogP contribution in [0.1, 0.15) is 12.0 Å². The minimum absolute atomic E-state index is 0.0641. The third kappa shape index (κ3) is 3.70. The van der Waals surface area contributed by atoms with Crippen molar-refractivity contribution >= 4 is 21.4 Å². The lowest BCUT2D eigenvalue weighted by atomic mass is 10.2. The van der Waals surface area contributed by atoms with Crippen molar-refractivity contribution in [3.05, 3.63) is 29.8 Å². The summed E-state index contributed by atoms with van der Waals surface area (Å²) in [5.41, 5.74) is 7.35. The highest BCUT2D eigenvalue weighted by atomic mass is 32.2. The molecule has 0 saturated carbocycles. The van der Waals surface area contributed by atoms with Crippen LogP contribution in [0.5, 0.6) is 0 Å². The summed E-state index contributed by atoms with van der Waals surface area (Å²) in [5.74, 6) is -0.665. The normalized spacial score (nSPS) is 14.4. The summed E-state index contributed by atoms with van der Waals surface area (Å²) in [7, 11) is -3.21. The molecule has 1 heterocycles. The molecule has 2 rings (SSSR count). The first-order valence-corrected chi connectivity index (χ1v) is 8.12. The topological polar surface area (TPSA) is 80.5 Å². The zero-order chi connectivity index (χ0) is 13.9. The van der Waals surface area contributed by atoms with Gasteiger partial charge in [0, 0.05) is 25.2 Å². The molecule has 6 heteroatoms. The Kier molecular flexibility index (Phi) is 4.09. The van der Waals surface area contributed by atoms with Crippen molar-refractivity contribution in [1.29, 1.82) is 0 Å². The average molecular weight is 282 g/mol. The van der Waals surface area contributed by atoms with E-state index in [0.717, 1.165) is 18.7 Å². The number of nitrogens with two attached hydrogens (primary N) is 1. The molecule has 19 heavy (non-hydrogen) atoms. The minimum Gasteiger partial charge on any atom is -0.370 e. The lowest BCUT2D eigenvalue weighted by molar-refractivity contribution is -0.117. The van der Waals surface area contributed by atoms with Crippen molar-refractivity contribution in [1.82, 2.24) is 0 Å². The van der Waals surface area contributed by atoms with Gasteiger partial charge in [0.1, 0.15) is 0 Å². The number of sulfone groups is 1. The number of para-hydroxylation sites is 1. The molecule has 0 aromatic heterocycles. The van der Waals surface area contributed by atoms with Gasteiger partial charge in [0.15, 0.2) is 9.84 Å².